The van der Waals surface area contributed by atoms with Crippen LogP contribution in [0.15, 0.2) is 0 Å². The van der Waals surface area contributed by atoms with Crippen molar-refractivity contribution in [3.05, 3.63) is 15.9 Å². The molecule has 0 atom stereocenters. The molecule has 1 aliphatic rings. The molecule has 1 aromatic rings. The van der Waals surface area contributed by atoms with Crippen LogP contribution < -0.4 is 10.1 Å². The molecule has 0 amide bonds. The molecule has 1 N–H and O–H groups in total. The average molecular weight is 308 g/mol. The van der Waals surface area contributed by atoms with E-state index in [1.165, 1.54) is 0 Å². The lowest BCUT2D eigenvalue weighted by molar-refractivity contribution is -0.385. The minimum Gasteiger partial charge on any atom is -0.473 e. The first-order chi connectivity index (χ1) is 10.3. The number of unbranched alkanes of at least 4 members (excludes halogenated alkanes) is 1. The lowest BCUT2D eigenvalue weighted by Gasteiger charge is -2.19. The third-order valence-electron chi connectivity index (χ3n) is 3.36. The highest BCUT2D eigenvalue weighted by Crippen LogP contribution is 2.37. The number of anilines is 1. The second kappa shape index (κ2) is 6.46. The molecule has 0 aliphatic heterocycles. The zero-order valence-corrected chi connectivity index (χ0v) is 13.7. The van der Waals surface area contributed by atoms with Gasteiger partial charge in [-0.2, -0.15) is 4.98 Å². The Hall–Kier alpha value is -1.92. The van der Waals surface area contributed by atoms with Crippen molar-refractivity contribution < 1.29 is 9.66 Å². The predicted molar refractivity (Wildman–Crippen MR) is 84.4 cm³/mol. The van der Waals surface area contributed by atoms with Gasteiger partial charge in [0.2, 0.25) is 5.82 Å². The maximum atomic E-state index is 11.4. The number of rotatable bonds is 7. The highest BCUT2D eigenvalue weighted by molar-refractivity contribution is 5.62. The van der Waals surface area contributed by atoms with Gasteiger partial charge in [0.15, 0.2) is 0 Å². The van der Waals surface area contributed by atoms with E-state index in [4.69, 9.17) is 4.74 Å². The maximum absolute atomic E-state index is 11.4. The van der Waals surface area contributed by atoms with Gasteiger partial charge in [0.05, 0.1) is 11.5 Å². The molecule has 7 heteroatoms. The summed E-state index contributed by atoms with van der Waals surface area (Å²) in [5.74, 6) is 0.896. The fourth-order valence-corrected chi connectivity index (χ4v) is 1.87. The molecule has 0 saturated heterocycles. The van der Waals surface area contributed by atoms with Crippen LogP contribution in [0.5, 0.6) is 5.88 Å². The van der Waals surface area contributed by atoms with E-state index in [-0.39, 0.29) is 28.8 Å². The van der Waals surface area contributed by atoms with E-state index in [0.29, 0.717) is 12.4 Å². The summed E-state index contributed by atoms with van der Waals surface area (Å²) >= 11 is 0. The van der Waals surface area contributed by atoms with Gasteiger partial charge in [0.1, 0.15) is 5.82 Å². The third-order valence-corrected chi connectivity index (χ3v) is 3.36. The van der Waals surface area contributed by atoms with Crippen LogP contribution in [-0.4, -0.2) is 27.5 Å². The molecule has 0 radical (unpaired) electrons. The van der Waals surface area contributed by atoms with Crippen LogP contribution in [0.25, 0.3) is 0 Å². The standard InChI is InChI=1S/C15H24N4O3/c1-5-6-9-22-13-11(19(20)21)12(16-10-7-8-10)17-14(18-13)15(2,3)4/h10H,5-9H2,1-4H3,(H,16,17,18). The Morgan fingerprint density at radius 3 is 2.55 bits per heavy atom. The van der Waals surface area contributed by atoms with Gasteiger partial charge in [-0.3, -0.25) is 10.1 Å². The molecular formula is C15H24N4O3. The molecule has 0 unspecified atom stereocenters. The van der Waals surface area contributed by atoms with Gasteiger partial charge in [-0.15, -0.1) is 0 Å². The molecule has 1 fully saturated rings. The Kier molecular flexibility index (Phi) is 4.83. The van der Waals surface area contributed by atoms with Gasteiger partial charge >= 0.3 is 5.69 Å². The van der Waals surface area contributed by atoms with E-state index in [1.54, 1.807) is 0 Å². The predicted octanol–water partition coefficient (Wildman–Crippen LogP) is 3.44. The molecule has 1 aliphatic carbocycles. The highest BCUT2D eigenvalue weighted by atomic mass is 16.6. The van der Waals surface area contributed by atoms with Gasteiger partial charge in [0.25, 0.3) is 5.88 Å². The Balaban J connectivity index is 2.43. The van der Waals surface area contributed by atoms with Crippen LogP contribution in [0.3, 0.4) is 0 Å². The first-order valence-electron chi connectivity index (χ1n) is 7.79. The lowest BCUT2D eigenvalue weighted by atomic mass is 9.96. The van der Waals surface area contributed by atoms with Crippen LogP contribution in [0, 0.1) is 10.1 Å². The van der Waals surface area contributed by atoms with Crippen LogP contribution in [0.4, 0.5) is 11.5 Å². The molecule has 0 bridgehead atoms. The topological polar surface area (TPSA) is 90.2 Å². The Bertz CT molecular complexity index is 550. The van der Waals surface area contributed by atoms with Crippen molar-refractivity contribution in [2.75, 3.05) is 11.9 Å². The summed E-state index contributed by atoms with van der Waals surface area (Å²) in [6.07, 6.45) is 3.81. The molecule has 1 saturated carbocycles. The van der Waals surface area contributed by atoms with Gasteiger partial charge in [-0.1, -0.05) is 34.1 Å². The largest absolute Gasteiger partial charge is 0.473 e. The molecular weight excluding hydrogens is 284 g/mol. The Morgan fingerprint density at radius 2 is 2.05 bits per heavy atom. The summed E-state index contributed by atoms with van der Waals surface area (Å²) in [5, 5.41) is 14.6. The second-order valence-corrected chi connectivity index (χ2v) is 6.68. The molecule has 2 rings (SSSR count). The molecule has 0 spiro atoms. The van der Waals surface area contributed by atoms with Crippen molar-refractivity contribution in [3.63, 3.8) is 0 Å². The number of nitrogens with one attached hydrogen (secondary N) is 1. The minimum atomic E-state index is -0.460. The van der Waals surface area contributed by atoms with Crippen molar-refractivity contribution >= 4 is 11.5 Å². The highest BCUT2D eigenvalue weighted by Gasteiger charge is 2.33. The summed E-state index contributed by atoms with van der Waals surface area (Å²) in [7, 11) is 0. The summed E-state index contributed by atoms with van der Waals surface area (Å²) in [5.41, 5.74) is -0.464. The van der Waals surface area contributed by atoms with Gasteiger partial charge in [-0.05, 0) is 19.3 Å². The van der Waals surface area contributed by atoms with E-state index in [0.717, 1.165) is 25.7 Å². The SMILES string of the molecule is CCCCOc1nc(C(C)(C)C)nc(NC2CC2)c1[N+](=O)[O-]. The Morgan fingerprint density at radius 1 is 1.36 bits per heavy atom. The number of ether oxygens (including phenoxy) is 1. The van der Waals surface area contributed by atoms with Gasteiger partial charge in [-0.25, -0.2) is 4.98 Å². The van der Waals surface area contributed by atoms with Crippen molar-refractivity contribution in [2.24, 2.45) is 0 Å². The summed E-state index contributed by atoms with van der Waals surface area (Å²) in [6, 6.07) is 0.268. The smallest absolute Gasteiger partial charge is 0.372 e. The monoisotopic (exact) mass is 308 g/mol. The van der Waals surface area contributed by atoms with E-state index in [1.807, 2.05) is 27.7 Å². The Labute approximate surface area is 130 Å². The van der Waals surface area contributed by atoms with E-state index >= 15 is 0 Å². The van der Waals surface area contributed by atoms with Crippen molar-refractivity contribution in [1.29, 1.82) is 0 Å². The van der Waals surface area contributed by atoms with Gasteiger partial charge < -0.3 is 10.1 Å². The normalized spacial score (nSPS) is 14.7. The second-order valence-electron chi connectivity index (χ2n) is 6.68. The fourth-order valence-electron chi connectivity index (χ4n) is 1.87. The number of aromatic nitrogens is 2. The minimum absolute atomic E-state index is 0.0709. The maximum Gasteiger partial charge on any atom is 0.372 e. The number of nitrogens with zero attached hydrogens (tertiary/aromatic N) is 3. The molecule has 122 valence electrons. The zero-order chi connectivity index (χ0) is 16.3. The molecule has 1 aromatic heterocycles. The number of hydrogen-bond acceptors (Lipinski definition) is 6. The van der Waals surface area contributed by atoms with Crippen molar-refractivity contribution in [2.45, 2.75) is 64.8 Å². The van der Waals surface area contributed by atoms with Crippen molar-refractivity contribution in [3.8, 4) is 5.88 Å². The van der Waals surface area contributed by atoms with E-state index in [9.17, 15) is 10.1 Å². The summed E-state index contributed by atoms with van der Waals surface area (Å²) in [4.78, 5) is 19.7. The third kappa shape index (κ3) is 4.05. The lowest BCUT2D eigenvalue weighted by Crippen LogP contribution is -2.20. The van der Waals surface area contributed by atoms with Crippen LogP contribution in [-0.2, 0) is 5.41 Å². The van der Waals surface area contributed by atoms with E-state index < -0.39 is 4.92 Å². The number of nitro groups is 1. The van der Waals surface area contributed by atoms with E-state index in [2.05, 4.69) is 15.3 Å². The number of hydrogen-bond donors (Lipinski definition) is 1. The van der Waals surface area contributed by atoms with Crippen LogP contribution in [0.1, 0.15) is 59.2 Å². The molecule has 1 heterocycles. The van der Waals surface area contributed by atoms with Crippen molar-refractivity contribution in [1.82, 2.24) is 9.97 Å². The fraction of sp³-hybridized carbons (Fsp3) is 0.733. The molecule has 7 nitrogen and oxygen atoms in total. The quantitative estimate of drug-likeness (QED) is 0.471. The first kappa shape index (κ1) is 16.5. The van der Waals surface area contributed by atoms with Gasteiger partial charge in [0, 0.05) is 11.5 Å². The average Bonchev–Trinajstić information content (AvgIpc) is 3.21. The van der Waals surface area contributed by atoms with Crippen LogP contribution in [0.2, 0.25) is 0 Å². The first-order valence-corrected chi connectivity index (χ1v) is 7.79. The molecule has 0 aromatic carbocycles. The summed E-state index contributed by atoms with van der Waals surface area (Å²) < 4.78 is 5.58. The van der Waals surface area contributed by atoms with Crippen LogP contribution >= 0.6 is 0 Å². The molecule has 22 heavy (non-hydrogen) atoms. The summed E-state index contributed by atoms with van der Waals surface area (Å²) in [6.45, 7) is 8.39. The zero-order valence-electron chi connectivity index (χ0n) is 13.7.